The lowest BCUT2D eigenvalue weighted by Gasteiger charge is -2.03. The number of hydrogen-bond acceptors (Lipinski definition) is 3. The molecule has 0 saturated carbocycles. The van der Waals surface area contributed by atoms with Crippen LogP contribution < -0.4 is 5.32 Å². The van der Waals surface area contributed by atoms with Crippen LogP contribution in [0.3, 0.4) is 0 Å². The molecule has 12 heavy (non-hydrogen) atoms. The van der Waals surface area contributed by atoms with Gasteiger partial charge in [0.2, 0.25) is 0 Å². The normalized spacial score (nSPS) is 10.1. The molecule has 0 aliphatic heterocycles. The second-order valence-corrected chi connectivity index (χ2v) is 2.41. The van der Waals surface area contributed by atoms with Crippen molar-refractivity contribution in [3.63, 3.8) is 0 Å². The molecule has 0 aromatic heterocycles. The van der Waals surface area contributed by atoms with Crippen molar-refractivity contribution in [2.45, 2.75) is 6.42 Å². The summed E-state index contributed by atoms with van der Waals surface area (Å²) in [5.74, 6) is 0. The maximum absolute atomic E-state index is 5.24. The van der Waals surface area contributed by atoms with Gasteiger partial charge in [0.15, 0.2) is 0 Å². The van der Waals surface area contributed by atoms with Crippen LogP contribution in [0.1, 0.15) is 6.42 Å². The largest absolute Gasteiger partial charge is 0.379 e. The van der Waals surface area contributed by atoms with E-state index in [0.717, 1.165) is 26.2 Å². The molecule has 0 spiro atoms. The lowest BCUT2D eigenvalue weighted by molar-refractivity contribution is 0.0510. The monoisotopic (exact) mass is 173 g/mol. The molecule has 0 radical (unpaired) electrons. The van der Waals surface area contributed by atoms with E-state index in [4.69, 9.17) is 9.47 Å². The fourth-order valence-electron chi connectivity index (χ4n) is 0.663. The molecular formula is C9H19NO2. The highest BCUT2D eigenvalue weighted by molar-refractivity contribution is 4.64. The van der Waals surface area contributed by atoms with Gasteiger partial charge in [0.25, 0.3) is 0 Å². The second kappa shape index (κ2) is 10.6. The molecule has 0 amide bonds. The summed E-state index contributed by atoms with van der Waals surface area (Å²) >= 11 is 0. The lowest BCUT2D eigenvalue weighted by Crippen LogP contribution is -2.16. The van der Waals surface area contributed by atoms with Gasteiger partial charge in [-0.05, 0) is 13.5 Å². The zero-order valence-electron chi connectivity index (χ0n) is 7.84. The van der Waals surface area contributed by atoms with Gasteiger partial charge in [-0.3, -0.25) is 0 Å². The third-order valence-electron chi connectivity index (χ3n) is 1.33. The van der Waals surface area contributed by atoms with Gasteiger partial charge in [0, 0.05) is 6.54 Å². The number of hydrogen-bond donors (Lipinski definition) is 1. The molecule has 3 heteroatoms. The molecule has 0 aromatic rings. The summed E-state index contributed by atoms with van der Waals surface area (Å²) in [4.78, 5) is 0. The Morgan fingerprint density at radius 1 is 1.17 bits per heavy atom. The SMILES string of the molecule is C=CCCOCCOCCNC. The van der Waals surface area contributed by atoms with Crippen molar-refractivity contribution in [3.05, 3.63) is 12.7 Å². The van der Waals surface area contributed by atoms with E-state index in [-0.39, 0.29) is 0 Å². The van der Waals surface area contributed by atoms with Crippen LogP contribution in [0.25, 0.3) is 0 Å². The van der Waals surface area contributed by atoms with E-state index in [9.17, 15) is 0 Å². The van der Waals surface area contributed by atoms with Gasteiger partial charge in [-0.15, -0.1) is 6.58 Å². The molecule has 0 rings (SSSR count). The van der Waals surface area contributed by atoms with Crippen LogP contribution in [0, 0.1) is 0 Å². The predicted molar refractivity (Wildman–Crippen MR) is 50.4 cm³/mol. The molecule has 1 N–H and O–H groups in total. The van der Waals surface area contributed by atoms with Crippen molar-refractivity contribution in [1.82, 2.24) is 5.32 Å². The Hall–Kier alpha value is -0.380. The van der Waals surface area contributed by atoms with Crippen LogP contribution >= 0.6 is 0 Å². The maximum atomic E-state index is 5.24. The quantitative estimate of drug-likeness (QED) is 0.413. The first kappa shape index (κ1) is 11.6. The maximum Gasteiger partial charge on any atom is 0.0701 e. The third-order valence-corrected chi connectivity index (χ3v) is 1.33. The minimum absolute atomic E-state index is 0.678. The highest BCUT2D eigenvalue weighted by Crippen LogP contribution is 1.83. The van der Waals surface area contributed by atoms with E-state index in [0.29, 0.717) is 13.2 Å². The van der Waals surface area contributed by atoms with Gasteiger partial charge in [-0.2, -0.15) is 0 Å². The van der Waals surface area contributed by atoms with Crippen LogP contribution in [0.15, 0.2) is 12.7 Å². The number of nitrogens with one attached hydrogen (secondary N) is 1. The van der Waals surface area contributed by atoms with Gasteiger partial charge < -0.3 is 14.8 Å². The highest BCUT2D eigenvalue weighted by atomic mass is 16.5. The Kier molecular flexibility index (Phi) is 10.3. The van der Waals surface area contributed by atoms with Gasteiger partial charge in [0.05, 0.1) is 26.4 Å². The van der Waals surface area contributed by atoms with Crippen LogP contribution in [-0.2, 0) is 9.47 Å². The minimum atomic E-state index is 0.678. The summed E-state index contributed by atoms with van der Waals surface area (Å²) in [6.07, 6.45) is 2.76. The Morgan fingerprint density at radius 3 is 2.42 bits per heavy atom. The Labute approximate surface area is 74.7 Å². The van der Waals surface area contributed by atoms with Gasteiger partial charge in [-0.1, -0.05) is 6.08 Å². The topological polar surface area (TPSA) is 30.5 Å². The van der Waals surface area contributed by atoms with E-state index in [2.05, 4.69) is 11.9 Å². The zero-order valence-corrected chi connectivity index (χ0v) is 7.84. The van der Waals surface area contributed by atoms with E-state index in [1.165, 1.54) is 0 Å². The zero-order chi connectivity index (χ0) is 9.07. The second-order valence-electron chi connectivity index (χ2n) is 2.41. The standard InChI is InChI=1S/C9H19NO2/c1-3-4-6-11-8-9-12-7-5-10-2/h3,10H,1,4-9H2,2H3. The molecule has 0 unspecified atom stereocenters. The fourth-order valence-corrected chi connectivity index (χ4v) is 0.663. The van der Waals surface area contributed by atoms with Crippen molar-refractivity contribution >= 4 is 0 Å². The average Bonchev–Trinajstić information content (AvgIpc) is 2.10. The first-order valence-electron chi connectivity index (χ1n) is 4.32. The molecule has 72 valence electrons. The summed E-state index contributed by atoms with van der Waals surface area (Å²) in [5.41, 5.74) is 0. The van der Waals surface area contributed by atoms with E-state index >= 15 is 0 Å². The summed E-state index contributed by atoms with van der Waals surface area (Å²) in [7, 11) is 1.91. The Balaban J connectivity index is 2.77. The van der Waals surface area contributed by atoms with Crippen molar-refractivity contribution in [2.75, 3.05) is 40.0 Å². The van der Waals surface area contributed by atoms with E-state index in [1.807, 2.05) is 13.1 Å². The van der Waals surface area contributed by atoms with Crippen molar-refractivity contribution in [1.29, 1.82) is 0 Å². The number of likely N-dealkylation sites (N-methyl/N-ethyl adjacent to an activating group) is 1. The summed E-state index contributed by atoms with van der Waals surface area (Å²) in [5, 5.41) is 3.00. The van der Waals surface area contributed by atoms with Crippen molar-refractivity contribution < 1.29 is 9.47 Å². The fraction of sp³-hybridized carbons (Fsp3) is 0.778. The molecule has 0 aliphatic rings. The van der Waals surface area contributed by atoms with Crippen LogP contribution in [0.2, 0.25) is 0 Å². The Bertz CT molecular complexity index is 96.5. The van der Waals surface area contributed by atoms with Crippen LogP contribution in [0.5, 0.6) is 0 Å². The van der Waals surface area contributed by atoms with Gasteiger partial charge in [-0.25, -0.2) is 0 Å². The summed E-state index contributed by atoms with van der Waals surface area (Å²) in [6, 6.07) is 0. The molecular weight excluding hydrogens is 154 g/mol. The summed E-state index contributed by atoms with van der Waals surface area (Å²) < 4.78 is 10.5. The number of ether oxygens (including phenoxy) is 2. The van der Waals surface area contributed by atoms with Crippen molar-refractivity contribution in [3.8, 4) is 0 Å². The summed E-state index contributed by atoms with van der Waals surface area (Å²) in [6.45, 7) is 7.35. The first-order chi connectivity index (χ1) is 5.91. The molecule has 0 fully saturated rings. The average molecular weight is 173 g/mol. The predicted octanol–water partition coefficient (Wildman–Crippen LogP) is 0.815. The first-order valence-corrected chi connectivity index (χ1v) is 4.32. The van der Waals surface area contributed by atoms with Gasteiger partial charge >= 0.3 is 0 Å². The molecule has 0 heterocycles. The number of rotatable bonds is 9. The van der Waals surface area contributed by atoms with E-state index < -0.39 is 0 Å². The molecule has 3 nitrogen and oxygen atoms in total. The third kappa shape index (κ3) is 9.62. The van der Waals surface area contributed by atoms with Crippen molar-refractivity contribution in [2.24, 2.45) is 0 Å². The molecule has 0 aromatic carbocycles. The lowest BCUT2D eigenvalue weighted by atomic mass is 10.5. The molecule has 0 atom stereocenters. The van der Waals surface area contributed by atoms with Gasteiger partial charge in [0.1, 0.15) is 0 Å². The van der Waals surface area contributed by atoms with Crippen LogP contribution in [0.4, 0.5) is 0 Å². The minimum Gasteiger partial charge on any atom is -0.379 e. The van der Waals surface area contributed by atoms with E-state index in [1.54, 1.807) is 0 Å². The smallest absolute Gasteiger partial charge is 0.0701 e. The molecule has 0 saturated heterocycles. The van der Waals surface area contributed by atoms with Crippen LogP contribution in [-0.4, -0.2) is 40.0 Å². The molecule has 0 aliphatic carbocycles. The molecule has 0 bridgehead atoms. The highest BCUT2D eigenvalue weighted by Gasteiger charge is 1.87. The Morgan fingerprint density at radius 2 is 1.83 bits per heavy atom.